The number of nitrogens with zero attached hydrogens (tertiary/aromatic N) is 3. The van der Waals surface area contributed by atoms with Crippen LogP contribution in [0.15, 0.2) is 46.2 Å². The van der Waals surface area contributed by atoms with Gasteiger partial charge < -0.3 is 48.9 Å². The zero-order valence-corrected chi connectivity index (χ0v) is 27.6. The van der Waals surface area contributed by atoms with Crippen LogP contribution in [0.3, 0.4) is 0 Å². The largest absolute Gasteiger partial charge is 0.492 e. The number of methoxy groups -OCH3 is 1. The lowest BCUT2D eigenvalue weighted by molar-refractivity contribution is 0.0694. The van der Waals surface area contributed by atoms with Gasteiger partial charge in [0, 0.05) is 49.2 Å². The number of benzene rings is 2. The minimum absolute atomic E-state index is 0.00980. The lowest BCUT2D eigenvalue weighted by atomic mass is 10.1. The maximum atomic E-state index is 15.7. The van der Waals surface area contributed by atoms with E-state index in [1.54, 1.807) is 21.3 Å². The number of carbonyl (C=O) groups is 2. The first-order valence-electron chi connectivity index (χ1n) is 14.2. The van der Waals surface area contributed by atoms with Gasteiger partial charge in [0.05, 0.1) is 18.0 Å². The number of anilines is 1. The molecule has 1 saturated heterocycles. The van der Waals surface area contributed by atoms with Crippen LogP contribution in [0.2, 0.25) is 0 Å². The van der Waals surface area contributed by atoms with Gasteiger partial charge in [-0.3, -0.25) is 18.7 Å². The molecule has 2 aliphatic rings. The number of hydrogen-bond acceptors (Lipinski definition) is 9. The molecule has 15 nitrogen and oxygen atoms in total. The van der Waals surface area contributed by atoms with Crippen molar-refractivity contribution in [3.8, 4) is 5.75 Å². The highest BCUT2D eigenvalue weighted by atomic mass is 32.2. The molecule has 19 heteroatoms. The van der Waals surface area contributed by atoms with Crippen molar-refractivity contribution in [2.45, 2.75) is 48.2 Å². The summed E-state index contributed by atoms with van der Waals surface area (Å²) >= 11 is 0.833. The van der Waals surface area contributed by atoms with Crippen LogP contribution >= 0.6 is 27.0 Å². The zero-order valence-electron chi connectivity index (χ0n) is 25.0. The summed E-state index contributed by atoms with van der Waals surface area (Å²) in [5.41, 5.74) is -0.886. The standard InChI is InChI=1S/C28H32FN3O12P2S/c1-15-13-30(23-21(29)11-19-22(25(23)44-2)32(17-5-6-17)14-20(24(19)33)26(34)35)9-10-31(15)27(36)47-18-7-3-16(4-8-18)12-28(37,45(38,39)40)46(41,42)43/h3-4,7-8,11,14-15,17,37H,5-6,9-10,12-13H2,1-2H3,(H,34,35)(H2,38,39,40)(H2,41,42,43). The van der Waals surface area contributed by atoms with Crippen molar-refractivity contribution >= 4 is 54.8 Å². The number of carboxylic acids is 1. The van der Waals surface area contributed by atoms with E-state index in [9.17, 15) is 53.3 Å². The number of rotatable bonds is 9. The van der Waals surface area contributed by atoms with Crippen LogP contribution in [-0.2, 0) is 15.6 Å². The van der Waals surface area contributed by atoms with Crippen LogP contribution in [0.5, 0.6) is 5.75 Å². The molecule has 47 heavy (non-hydrogen) atoms. The molecule has 1 aliphatic carbocycles. The molecule has 1 atom stereocenters. The molecule has 0 bridgehead atoms. The van der Waals surface area contributed by atoms with E-state index in [0.29, 0.717) is 10.4 Å². The maximum Gasteiger partial charge on any atom is 0.369 e. The topological polar surface area (TPSA) is 227 Å². The molecule has 5 rings (SSSR count). The Labute approximate surface area is 270 Å². The Kier molecular flexibility index (Phi) is 9.42. The van der Waals surface area contributed by atoms with Crippen LogP contribution in [0.25, 0.3) is 10.9 Å². The van der Waals surface area contributed by atoms with E-state index in [-0.39, 0.29) is 53.3 Å². The molecule has 1 amide bonds. The molecular formula is C28H32FN3O12P2S. The van der Waals surface area contributed by atoms with E-state index in [2.05, 4.69) is 0 Å². The Bertz CT molecular complexity index is 1890. The molecule has 1 saturated carbocycles. The van der Waals surface area contributed by atoms with Crippen molar-refractivity contribution in [2.24, 2.45) is 0 Å². The maximum absolute atomic E-state index is 15.7. The van der Waals surface area contributed by atoms with Crippen LogP contribution in [0, 0.1) is 5.82 Å². The van der Waals surface area contributed by atoms with E-state index < -0.39 is 55.5 Å². The highest BCUT2D eigenvalue weighted by Crippen LogP contribution is 2.68. The molecule has 0 radical (unpaired) electrons. The number of amides is 1. The van der Waals surface area contributed by atoms with Crippen molar-refractivity contribution in [1.82, 2.24) is 9.47 Å². The van der Waals surface area contributed by atoms with Crippen molar-refractivity contribution < 1.29 is 57.6 Å². The predicted octanol–water partition coefficient (Wildman–Crippen LogP) is 3.15. The fourth-order valence-corrected chi connectivity index (χ4v) is 8.64. The number of piperazine rings is 1. The van der Waals surface area contributed by atoms with Crippen LogP contribution in [-0.4, -0.2) is 88.3 Å². The zero-order chi connectivity index (χ0) is 34.6. The van der Waals surface area contributed by atoms with Gasteiger partial charge in [-0.15, -0.1) is 0 Å². The number of halogens is 1. The second kappa shape index (κ2) is 12.6. The third-order valence-electron chi connectivity index (χ3n) is 8.25. The van der Waals surface area contributed by atoms with Gasteiger partial charge in [0.25, 0.3) is 10.3 Å². The lowest BCUT2D eigenvalue weighted by Crippen LogP contribution is -2.53. The van der Waals surface area contributed by atoms with Crippen LogP contribution in [0.1, 0.15) is 41.7 Å². The Balaban J connectivity index is 1.34. The molecule has 1 unspecified atom stereocenters. The summed E-state index contributed by atoms with van der Waals surface area (Å²) in [7, 11) is -9.94. The number of ether oxygens (including phenoxy) is 1. The van der Waals surface area contributed by atoms with Crippen molar-refractivity contribution in [3.05, 3.63) is 63.7 Å². The van der Waals surface area contributed by atoms with Gasteiger partial charge in [-0.25, -0.2) is 9.18 Å². The molecule has 6 N–H and O–H groups in total. The molecule has 1 aromatic heterocycles. The Morgan fingerprint density at radius 3 is 2.21 bits per heavy atom. The molecular weight excluding hydrogens is 683 g/mol. The van der Waals surface area contributed by atoms with Gasteiger partial charge in [0.2, 0.25) is 5.43 Å². The smallest absolute Gasteiger partial charge is 0.369 e. The number of aliphatic hydroxyl groups is 1. The third kappa shape index (κ3) is 6.59. The monoisotopic (exact) mass is 715 g/mol. The number of thioether (sulfide) groups is 1. The number of hydrogen-bond donors (Lipinski definition) is 6. The van der Waals surface area contributed by atoms with Gasteiger partial charge in [-0.1, -0.05) is 12.1 Å². The second-order valence-electron chi connectivity index (χ2n) is 11.5. The Hall–Kier alpha value is -3.27. The fraction of sp³-hybridized carbons (Fsp3) is 0.393. The minimum atomic E-state index is -5.64. The van der Waals surface area contributed by atoms with Crippen LogP contribution in [0.4, 0.5) is 14.9 Å². The summed E-state index contributed by atoms with van der Waals surface area (Å²) in [4.78, 5) is 79.2. The predicted molar refractivity (Wildman–Crippen MR) is 169 cm³/mol. The first-order chi connectivity index (χ1) is 21.9. The number of fused-ring (bicyclic) bond motifs is 1. The highest BCUT2D eigenvalue weighted by Gasteiger charge is 2.59. The summed E-state index contributed by atoms with van der Waals surface area (Å²) in [6, 6.07) is 5.91. The minimum Gasteiger partial charge on any atom is -0.492 e. The van der Waals surface area contributed by atoms with Gasteiger partial charge in [0.15, 0.2) is 11.6 Å². The first kappa shape index (κ1) is 35.0. The Morgan fingerprint density at radius 1 is 1.09 bits per heavy atom. The Morgan fingerprint density at radius 2 is 1.70 bits per heavy atom. The highest BCUT2D eigenvalue weighted by molar-refractivity contribution is 8.13. The molecule has 3 aromatic rings. The fourth-order valence-electron chi connectivity index (χ4n) is 5.64. The first-order valence-corrected chi connectivity index (χ1v) is 18.3. The number of aromatic nitrogens is 1. The molecule has 0 spiro atoms. The quantitative estimate of drug-likeness (QED) is 0.138. The average molecular weight is 716 g/mol. The summed E-state index contributed by atoms with van der Waals surface area (Å²) in [5.74, 6) is -2.10. The van der Waals surface area contributed by atoms with Crippen molar-refractivity contribution in [2.75, 3.05) is 31.6 Å². The second-order valence-corrected chi connectivity index (χ2v) is 16.5. The van der Waals surface area contributed by atoms with E-state index >= 15 is 4.39 Å². The molecule has 254 valence electrons. The SMILES string of the molecule is COc1c(N2CCN(C(=O)Sc3ccc(CC(O)(P(=O)(O)O)P(=O)(O)O)cc3)C(C)C2)c(F)cc2c(=O)c(C(=O)O)cn(C3CC3)c12. The molecule has 2 aromatic carbocycles. The van der Waals surface area contributed by atoms with E-state index in [0.717, 1.165) is 30.7 Å². The number of aromatic carboxylic acids is 1. The summed E-state index contributed by atoms with van der Waals surface area (Å²) in [6.45, 7) is 2.33. The normalized spacial score (nSPS) is 17.7. The van der Waals surface area contributed by atoms with E-state index in [1.807, 2.05) is 0 Å². The summed E-state index contributed by atoms with van der Waals surface area (Å²) in [6.07, 6.45) is 1.75. The molecule has 2 fully saturated rings. The lowest BCUT2D eigenvalue weighted by Gasteiger charge is -2.41. The third-order valence-corrected chi connectivity index (χ3v) is 12.9. The average Bonchev–Trinajstić information content (AvgIpc) is 3.82. The number of carbonyl (C=O) groups excluding carboxylic acids is 1. The molecule has 1 aliphatic heterocycles. The summed E-state index contributed by atoms with van der Waals surface area (Å²) in [5, 5.41) is 15.7. The van der Waals surface area contributed by atoms with E-state index in [4.69, 9.17) is 4.74 Å². The van der Waals surface area contributed by atoms with Crippen molar-refractivity contribution in [1.29, 1.82) is 0 Å². The van der Waals surface area contributed by atoms with Crippen molar-refractivity contribution in [3.63, 3.8) is 0 Å². The number of pyridine rings is 1. The van der Waals surface area contributed by atoms with Gasteiger partial charge in [-0.05, 0) is 55.3 Å². The molecule has 2 heterocycles. The number of carboxylic acid groups (broad SMARTS) is 1. The summed E-state index contributed by atoms with van der Waals surface area (Å²) < 4.78 is 46.4. The van der Waals surface area contributed by atoms with Crippen LogP contribution < -0.4 is 15.1 Å². The van der Waals surface area contributed by atoms with Gasteiger partial charge in [-0.2, -0.15) is 0 Å². The van der Waals surface area contributed by atoms with E-state index in [1.165, 1.54) is 37.6 Å². The van der Waals surface area contributed by atoms with Gasteiger partial charge >= 0.3 is 21.2 Å². The van der Waals surface area contributed by atoms with Gasteiger partial charge in [0.1, 0.15) is 11.3 Å².